The van der Waals surface area contributed by atoms with Crippen LogP contribution in [0.5, 0.6) is 0 Å². The highest BCUT2D eigenvalue weighted by atomic mass is 32.2. The van der Waals surface area contributed by atoms with Gasteiger partial charge in [-0.1, -0.05) is 11.8 Å². The number of nitro groups is 2. The molecule has 0 aliphatic rings. The minimum atomic E-state index is -0.532. The Labute approximate surface area is 179 Å². The zero-order valence-electron chi connectivity index (χ0n) is 15.7. The fraction of sp³-hybridized carbons (Fsp3) is 0. The lowest BCUT2D eigenvalue weighted by Crippen LogP contribution is -2.11. The van der Waals surface area contributed by atoms with Gasteiger partial charge in [0.25, 0.3) is 17.3 Å². The maximum Gasteiger partial charge on any atom is 0.270 e. The first-order chi connectivity index (χ1) is 14.9. The van der Waals surface area contributed by atoms with Gasteiger partial charge in [0.2, 0.25) is 0 Å². The van der Waals surface area contributed by atoms with Gasteiger partial charge in [-0.25, -0.2) is 0 Å². The molecule has 0 bridgehead atoms. The van der Waals surface area contributed by atoms with Crippen LogP contribution in [-0.2, 0) is 0 Å². The minimum absolute atomic E-state index is 0.0273. The van der Waals surface area contributed by atoms with E-state index in [4.69, 9.17) is 4.42 Å². The van der Waals surface area contributed by atoms with E-state index in [-0.39, 0.29) is 16.9 Å². The Hall–Kier alpha value is -4.18. The van der Waals surface area contributed by atoms with Crippen molar-refractivity contribution in [1.82, 2.24) is 0 Å². The van der Waals surface area contributed by atoms with Gasteiger partial charge in [-0.3, -0.25) is 25.0 Å². The number of anilines is 1. The third-order valence-corrected chi connectivity index (χ3v) is 5.42. The summed E-state index contributed by atoms with van der Waals surface area (Å²) in [5.74, 6) is -0.449. The number of nitrogens with zero attached hydrogens (tertiary/aromatic N) is 2. The first kappa shape index (κ1) is 20.1. The Morgan fingerprint density at radius 1 is 0.839 bits per heavy atom. The second kappa shape index (κ2) is 8.28. The number of rotatable bonds is 6. The number of nitrogens with one attached hydrogen (secondary N) is 1. The van der Waals surface area contributed by atoms with Gasteiger partial charge in [-0.05, 0) is 42.5 Å². The van der Waals surface area contributed by atoms with E-state index >= 15 is 0 Å². The molecule has 1 amide bonds. The summed E-state index contributed by atoms with van der Waals surface area (Å²) >= 11 is 1.43. The Balaban J connectivity index is 1.47. The molecule has 0 aliphatic heterocycles. The normalized spacial score (nSPS) is 10.7. The van der Waals surface area contributed by atoms with Crippen LogP contribution >= 0.6 is 11.8 Å². The molecule has 0 aliphatic carbocycles. The van der Waals surface area contributed by atoms with E-state index in [0.717, 1.165) is 9.79 Å². The molecular formula is C21H13N3O6S. The molecule has 9 nitrogen and oxygen atoms in total. The highest BCUT2D eigenvalue weighted by Gasteiger charge is 2.17. The van der Waals surface area contributed by atoms with E-state index in [1.807, 2.05) is 0 Å². The number of benzene rings is 3. The van der Waals surface area contributed by atoms with E-state index in [0.29, 0.717) is 16.7 Å². The van der Waals surface area contributed by atoms with Crippen molar-refractivity contribution >= 4 is 45.7 Å². The van der Waals surface area contributed by atoms with Crippen molar-refractivity contribution < 1.29 is 19.1 Å². The average molecular weight is 435 g/mol. The molecule has 0 saturated heterocycles. The zero-order valence-corrected chi connectivity index (χ0v) is 16.5. The van der Waals surface area contributed by atoms with E-state index < -0.39 is 15.8 Å². The molecule has 0 fully saturated rings. The Morgan fingerprint density at radius 3 is 2.03 bits per heavy atom. The highest BCUT2D eigenvalue weighted by molar-refractivity contribution is 7.99. The molecule has 0 unspecified atom stereocenters. The maximum atomic E-state index is 12.6. The van der Waals surface area contributed by atoms with Crippen LogP contribution in [-0.4, -0.2) is 15.8 Å². The molecule has 1 heterocycles. The molecule has 4 aromatic rings. The van der Waals surface area contributed by atoms with E-state index in [1.54, 1.807) is 36.4 Å². The molecule has 1 N–H and O–H groups in total. The summed E-state index contributed by atoms with van der Waals surface area (Å²) in [6.45, 7) is 0. The van der Waals surface area contributed by atoms with Crippen LogP contribution in [0.1, 0.15) is 10.4 Å². The third kappa shape index (κ3) is 4.38. The minimum Gasteiger partial charge on any atom is -0.463 e. The Bertz CT molecular complexity index is 1300. The summed E-state index contributed by atoms with van der Waals surface area (Å²) in [6.07, 6.45) is 1.27. The van der Waals surface area contributed by atoms with E-state index in [9.17, 15) is 25.0 Å². The first-order valence-corrected chi connectivity index (χ1v) is 9.72. The van der Waals surface area contributed by atoms with Crippen LogP contribution < -0.4 is 5.32 Å². The second-order valence-electron chi connectivity index (χ2n) is 6.42. The van der Waals surface area contributed by atoms with Crippen LogP contribution in [0, 0.1) is 20.2 Å². The lowest BCUT2D eigenvalue weighted by Gasteiger charge is -2.06. The number of carbonyl (C=O) groups excluding carboxylic acids is 1. The molecule has 0 spiro atoms. The Morgan fingerprint density at radius 2 is 1.42 bits per heavy atom. The van der Waals surface area contributed by atoms with Crippen molar-refractivity contribution in [2.75, 3.05) is 5.32 Å². The summed E-state index contributed by atoms with van der Waals surface area (Å²) in [5, 5.41) is 24.8. The van der Waals surface area contributed by atoms with Gasteiger partial charge in [0.1, 0.15) is 11.8 Å². The maximum absolute atomic E-state index is 12.6. The van der Waals surface area contributed by atoms with Gasteiger partial charge in [0, 0.05) is 45.1 Å². The molecule has 3 aromatic carbocycles. The molecule has 0 radical (unpaired) electrons. The standard InChI is InChI=1S/C21H13N3O6S/c25-21(19-12-30-20-10-5-15(24(28)29)11-18(19)20)22-13-1-6-16(7-2-13)31-17-8-3-14(4-9-17)23(26)27/h1-12H,(H,22,25). The number of nitro benzene ring substituents is 2. The van der Waals surface area contributed by atoms with Gasteiger partial charge >= 0.3 is 0 Å². The largest absolute Gasteiger partial charge is 0.463 e. The number of hydrogen-bond donors (Lipinski definition) is 1. The highest BCUT2D eigenvalue weighted by Crippen LogP contribution is 2.30. The molecule has 10 heteroatoms. The summed E-state index contributed by atoms with van der Waals surface area (Å²) in [6, 6.07) is 17.3. The van der Waals surface area contributed by atoms with Crippen molar-refractivity contribution in [3.05, 3.63) is 98.8 Å². The van der Waals surface area contributed by atoms with Crippen LogP contribution in [0.2, 0.25) is 0 Å². The number of carbonyl (C=O) groups is 1. The predicted octanol–water partition coefficient (Wildman–Crippen LogP) is 5.65. The smallest absolute Gasteiger partial charge is 0.270 e. The summed E-state index contributed by atoms with van der Waals surface area (Å²) in [4.78, 5) is 35.1. The summed E-state index contributed by atoms with van der Waals surface area (Å²) in [7, 11) is 0. The van der Waals surface area contributed by atoms with Crippen LogP contribution in [0.4, 0.5) is 17.1 Å². The molecule has 0 atom stereocenters. The van der Waals surface area contributed by atoms with Crippen LogP contribution in [0.25, 0.3) is 11.0 Å². The molecular weight excluding hydrogens is 422 g/mol. The fourth-order valence-electron chi connectivity index (χ4n) is 2.88. The quantitative estimate of drug-likeness (QED) is 0.306. The predicted molar refractivity (Wildman–Crippen MR) is 114 cm³/mol. The molecule has 4 rings (SSSR count). The van der Waals surface area contributed by atoms with Gasteiger partial charge in [-0.15, -0.1) is 0 Å². The molecule has 0 saturated carbocycles. The van der Waals surface area contributed by atoms with E-state index in [1.165, 1.54) is 48.4 Å². The van der Waals surface area contributed by atoms with Crippen molar-refractivity contribution in [3.8, 4) is 0 Å². The number of amides is 1. The molecule has 31 heavy (non-hydrogen) atoms. The van der Waals surface area contributed by atoms with Crippen molar-refractivity contribution in [2.24, 2.45) is 0 Å². The average Bonchev–Trinajstić information content (AvgIpc) is 3.19. The number of hydrogen-bond acceptors (Lipinski definition) is 7. The van der Waals surface area contributed by atoms with Crippen molar-refractivity contribution in [2.45, 2.75) is 9.79 Å². The summed E-state index contributed by atoms with van der Waals surface area (Å²) in [5.41, 5.74) is 1.02. The van der Waals surface area contributed by atoms with Gasteiger partial charge in [0.15, 0.2) is 0 Å². The van der Waals surface area contributed by atoms with Gasteiger partial charge < -0.3 is 9.73 Å². The third-order valence-electron chi connectivity index (χ3n) is 4.41. The lowest BCUT2D eigenvalue weighted by molar-refractivity contribution is -0.385. The SMILES string of the molecule is O=C(Nc1ccc(Sc2ccc([N+](=O)[O-])cc2)cc1)c1coc2ccc([N+](=O)[O-])cc12. The number of fused-ring (bicyclic) bond motifs is 1. The van der Waals surface area contributed by atoms with Crippen LogP contribution in [0.3, 0.4) is 0 Å². The van der Waals surface area contributed by atoms with Crippen molar-refractivity contribution in [1.29, 1.82) is 0 Å². The van der Waals surface area contributed by atoms with Gasteiger partial charge in [0.05, 0.1) is 15.4 Å². The number of furan rings is 1. The number of non-ortho nitro benzene ring substituents is 2. The van der Waals surface area contributed by atoms with Gasteiger partial charge in [-0.2, -0.15) is 0 Å². The van der Waals surface area contributed by atoms with Crippen molar-refractivity contribution in [3.63, 3.8) is 0 Å². The Kier molecular flexibility index (Phi) is 5.37. The first-order valence-electron chi connectivity index (χ1n) is 8.90. The zero-order chi connectivity index (χ0) is 22.0. The fourth-order valence-corrected chi connectivity index (χ4v) is 3.70. The van der Waals surface area contributed by atoms with Crippen LogP contribution in [0.15, 0.2) is 87.2 Å². The monoisotopic (exact) mass is 435 g/mol. The molecule has 1 aromatic heterocycles. The lowest BCUT2D eigenvalue weighted by atomic mass is 10.1. The van der Waals surface area contributed by atoms with E-state index in [2.05, 4.69) is 5.32 Å². The summed E-state index contributed by atoms with van der Waals surface area (Å²) < 4.78 is 5.32. The second-order valence-corrected chi connectivity index (χ2v) is 7.57. The molecule has 154 valence electrons. The topological polar surface area (TPSA) is 129 Å².